The summed E-state index contributed by atoms with van der Waals surface area (Å²) >= 11 is 12.1. The quantitative estimate of drug-likeness (QED) is 0.588. The first-order chi connectivity index (χ1) is 15.6. The Morgan fingerprint density at radius 2 is 1.73 bits per heavy atom. The summed E-state index contributed by atoms with van der Waals surface area (Å²) in [7, 11) is -2.21. The number of hydrogen-bond donors (Lipinski definition) is 1. The Labute approximate surface area is 205 Å². The van der Waals surface area contributed by atoms with Gasteiger partial charge in [-0.1, -0.05) is 29.3 Å². The molecule has 2 aliphatic heterocycles. The third-order valence-corrected chi connectivity index (χ3v) is 7.52. The van der Waals surface area contributed by atoms with Gasteiger partial charge in [-0.15, -0.1) is 0 Å². The van der Waals surface area contributed by atoms with E-state index in [1.165, 1.54) is 12.0 Å². The number of carbonyl (C=O) groups is 2. The summed E-state index contributed by atoms with van der Waals surface area (Å²) in [6.07, 6.45) is 2.78. The number of carbonyl (C=O) groups excluding carboxylic acids is 2. The molecule has 2 heterocycles. The van der Waals surface area contributed by atoms with Crippen molar-refractivity contribution in [3.8, 4) is 0 Å². The van der Waals surface area contributed by atoms with Crippen LogP contribution in [0.3, 0.4) is 0 Å². The zero-order chi connectivity index (χ0) is 24.2. The molecule has 1 N–H and O–H groups in total. The highest BCUT2D eigenvalue weighted by Gasteiger charge is 2.42. The number of hydrogen-bond acceptors (Lipinski definition) is 6. The third kappa shape index (κ3) is 6.95. The molecule has 9 nitrogen and oxygen atoms in total. The van der Waals surface area contributed by atoms with Crippen LogP contribution in [0, 0.1) is 0 Å². The molecule has 0 radical (unpaired) electrons. The molecular formula is C21H30Cl2N4O5S. The first-order valence-corrected chi connectivity index (χ1v) is 13.5. The predicted octanol–water partition coefficient (Wildman–Crippen LogP) is 1.83. The van der Waals surface area contributed by atoms with Crippen LogP contribution in [0.4, 0.5) is 4.79 Å². The van der Waals surface area contributed by atoms with E-state index in [9.17, 15) is 18.0 Å². The molecule has 0 aliphatic carbocycles. The highest BCUT2D eigenvalue weighted by Crippen LogP contribution is 2.25. The van der Waals surface area contributed by atoms with Crippen LogP contribution < -0.4 is 4.72 Å². The molecule has 33 heavy (non-hydrogen) atoms. The largest absolute Gasteiger partial charge is 0.453 e. The lowest BCUT2D eigenvalue weighted by atomic mass is 9.99. The molecule has 1 aromatic rings. The normalized spacial score (nSPS) is 21.9. The Balaban J connectivity index is 1.88. The Hall–Kier alpha value is -1.59. The lowest BCUT2D eigenvalue weighted by Gasteiger charge is -2.48. The molecule has 0 aromatic heterocycles. The smallest absolute Gasteiger partial charge is 0.409 e. The summed E-state index contributed by atoms with van der Waals surface area (Å²) in [5, 5.41) is 0.791. The van der Waals surface area contributed by atoms with E-state index >= 15 is 0 Å². The molecule has 184 valence electrons. The molecule has 2 aliphatic rings. The van der Waals surface area contributed by atoms with Crippen molar-refractivity contribution >= 4 is 45.2 Å². The van der Waals surface area contributed by atoms with Gasteiger partial charge in [-0.2, -0.15) is 0 Å². The standard InChI is InChI=1S/C21H30Cl2N4O5S/c1-32-21(29)27-10-9-26(20(28)12-15-5-6-16(22)17(23)11-15)19(14-25-7-3-4-8-25)18(27)13-24-33(2,30)31/h5-6,11,18-19,24H,3-4,7-10,12-14H2,1-2H3. The summed E-state index contributed by atoms with van der Waals surface area (Å²) in [5.41, 5.74) is 0.732. The number of nitrogens with zero attached hydrogens (tertiary/aromatic N) is 3. The number of sulfonamides is 1. The molecule has 0 saturated carbocycles. The fraction of sp³-hybridized carbons (Fsp3) is 0.619. The molecule has 2 atom stereocenters. The molecule has 2 saturated heterocycles. The SMILES string of the molecule is COC(=O)N1CCN(C(=O)Cc2ccc(Cl)c(Cl)c2)C(CN2CCCC2)C1CNS(C)(=O)=O. The lowest BCUT2D eigenvalue weighted by molar-refractivity contribution is -0.137. The molecule has 3 rings (SSSR count). The number of likely N-dealkylation sites (tertiary alicyclic amines) is 1. The second-order valence-electron chi connectivity index (χ2n) is 8.44. The van der Waals surface area contributed by atoms with Gasteiger partial charge >= 0.3 is 6.09 Å². The highest BCUT2D eigenvalue weighted by atomic mass is 35.5. The molecule has 2 unspecified atom stereocenters. The van der Waals surface area contributed by atoms with Crippen molar-refractivity contribution < 1.29 is 22.7 Å². The number of methoxy groups -OCH3 is 1. The van der Waals surface area contributed by atoms with Crippen molar-refractivity contribution in [2.24, 2.45) is 0 Å². The molecule has 0 bridgehead atoms. The molecule has 12 heteroatoms. The van der Waals surface area contributed by atoms with E-state index < -0.39 is 28.2 Å². The maximum atomic E-state index is 13.4. The number of benzene rings is 1. The van der Waals surface area contributed by atoms with E-state index in [0.717, 1.165) is 37.8 Å². The minimum Gasteiger partial charge on any atom is -0.453 e. The van der Waals surface area contributed by atoms with Gasteiger partial charge in [0.2, 0.25) is 15.9 Å². The average Bonchev–Trinajstić information content (AvgIpc) is 3.27. The van der Waals surface area contributed by atoms with Gasteiger partial charge in [0.15, 0.2) is 0 Å². The fourth-order valence-corrected chi connectivity index (χ4v) is 5.27. The summed E-state index contributed by atoms with van der Waals surface area (Å²) < 4.78 is 31.1. The number of ether oxygens (including phenoxy) is 1. The number of amides is 2. The maximum absolute atomic E-state index is 13.4. The van der Waals surface area contributed by atoms with Crippen molar-refractivity contribution in [3.05, 3.63) is 33.8 Å². The predicted molar refractivity (Wildman–Crippen MR) is 127 cm³/mol. The Kier molecular flexibility index (Phi) is 8.85. The molecular weight excluding hydrogens is 491 g/mol. The molecule has 0 spiro atoms. The maximum Gasteiger partial charge on any atom is 0.409 e. The summed E-state index contributed by atoms with van der Waals surface area (Å²) in [5.74, 6) is -0.119. The van der Waals surface area contributed by atoms with E-state index in [-0.39, 0.29) is 25.4 Å². The van der Waals surface area contributed by atoms with Crippen molar-refractivity contribution in [2.75, 3.05) is 52.6 Å². The first-order valence-electron chi connectivity index (χ1n) is 10.8. The van der Waals surface area contributed by atoms with E-state index in [0.29, 0.717) is 23.1 Å². The minimum absolute atomic E-state index is 0.0109. The van der Waals surface area contributed by atoms with Crippen LogP contribution >= 0.6 is 23.2 Å². The van der Waals surface area contributed by atoms with Crippen LogP contribution in [0.2, 0.25) is 10.0 Å². The van der Waals surface area contributed by atoms with Gasteiger partial charge in [0.1, 0.15) is 0 Å². The molecule has 2 fully saturated rings. The number of rotatable bonds is 7. The van der Waals surface area contributed by atoms with Gasteiger partial charge in [0, 0.05) is 26.2 Å². The highest BCUT2D eigenvalue weighted by molar-refractivity contribution is 7.88. The van der Waals surface area contributed by atoms with Crippen LogP contribution in [0.1, 0.15) is 18.4 Å². The number of halogens is 2. The van der Waals surface area contributed by atoms with Crippen molar-refractivity contribution in [1.29, 1.82) is 0 Å². The topological polar surface area (TPSA) is 99.3 Å². The van der Waals surface area contributed by atoms with Gasteiger partial charge in [0.25, 0.3) is 0 Å². The van der Waals surface area contributed by atoms with Crippen LogP contribution in [0.5, 0.6) is 0 Å². The zero-order valence-corrected chi connectivity index (χ0v) is 21.1. The van der Waals surface area contributed by atoms with Crippen molar-refractivity contribution in [1.82, 2.24) is 19.4 Å². The van der Waals surface area contributed by atoms with Crippen molar-refractivity contribution in [2.45, 2.75) is 31.3 Å². The van der Waals surface area contributed by atoms with E-state index in [1.807, 2.05) is 0 Å². The fourth-order valence-electron chi connectivity index (χ4n) is 4.47. The Morgan fingerprint density at radius 1 is 1.06 bits per heavy atom. The third-order valence-electron chi connectivity index (χ3n) is 6.09. The number of piperazine rings is 1. The Bertz CT molecular complexity index is 971. The van der Waals surface area contributed by atoms with E-state index in [2.05, 4.69) is 9.62 Å². The summed E-state index contributed by atoms with van der Waals surface area (Å²) in [6, 6.07) is 4.11. The van der Waals surface area contributed by atoms with E-state index in [1.54, 1.807) is 23.1 Å². The lowest BCUT2D eigenvalue weighted by Crippen LogP contribution is -2.67. The Morgan fingerprint density at radius 3 is 2.33 bits per heavy atom. The second-order valence-corrected chi connectivity index (χ2v) is 11.1. The minimum atomic E-state index is -3.50. The second kappa shape index (κ2) is 11.2. The van der Waals surface area contributed by atoms with Gasteiger partial charge < -0.3 is 19.4 Å². The van der Waals surface area contributed by atoms with Crippen LogP contribution in [-0.4, -0.2) is 99.8 Å². The van der Waals surface area contributed by atoms with Gasteiger partial charge in [-0.3, -0.25) is 4.79 Å². The van der Waals surface area contributed by atoms with Crippen LogP contribution in [-0.2, 0) is 26.0 Å². The van der Waals surface area contributed by atoms with Gasteiger partial charge in [0.05, 0.1) is 41.9 Å². The molecule has 2 amide bonds. The average molecular weight is 521 g/mol. The monoisotopic (exact) mass is 520 g/mol. The zero-order valence-electron chi connectivity index (χ0n) is 18.8. The van der Waals surface area contributed by atoms with Gasteiger partial charge in [-0.05, 0) is 43.6 Å². The molecule has 1 aromatic carbocycles. The number of nitrogens with one attached hydrogen (secondary N) is 1. The van der Waals surface area contributed by atoms with Gasteiger partial charge in [-0.25, -0.2) is 17.9 Å². The first kappa shape index (κ1) is 26.0. The van der Waals surface area contributed by atoms with Crippen LogP contribution in [0.25, 0.3) is 0 Å². The van der Waals surface area contributed by atoms with Crippen molar-refractivity contribution in [3.63, 3.8) is 0 Å². The van der Waals surface area contributed by atoms with E-state index in [4.69, 9.17) is 27.9 Å². The summed E-state index contributed by atoms with van der Waals surface area (Å²) in [4.78, 5) is 31.4. The summed E-state index contributed by atoms with van der Waals surface area (Å²) in [6.45, 7) is 2.89. The van der Waals surface area contributed by atoms with Crippen LogP contribution in [0.15, 0.2) is 18.2 Å².